The normalized spacial score (nSPS) is 9.80. The van der Waals surface area contributed by atoms with E-state index in [2.05, 4.69) is 25.1 Å². The fourth-order valence-electron chi connectivity index (χ4n) is 1.80. The summed E-state index contributed by atoms with van der Waals surface area (Å²) in [5.41, 5.74) is 1.89. The minimum atomic E-state index is 0.449. The van der Waals surface area contributed by atoms with Gasteiger partial charge in [-0.2, -0.15) is 5.26 Å². The van der Waals surface area contributed by atoms with Crippen molar-refractivity contribution in [3.05, 3.63) is 59.7 Å². The van der Waals surface area contributed by atoms with Crippen molar-refractivity contribution in [3.8, 4) is 17.6 Å². The average molecular weight is 267 g/mol. The molecule has 0 saturated carbocycles. The van der Waals surface area contributed by atoms with E-state index in [9.17, 15) is 0 Å². The number of rotatable bonds is 6. The van der Waals surface area contributed by atoms with E-state index < -0.39 is 0 Å². The molecule has 0 atom stereocenters. The Kier molecular flexibility index (Phi) is 5.02. The first-order chi connectivity index (χ1) is 9.81. The number of hydrogen-bond acceptors (Lipinski definition) is 3. The van der Waals surface area contributed by atoms with Crippen molar-refractivity contribution in [2.75, 3.05) is 13.2 Å². The summed E-state index contributed by atoms with van der Waals surface area (Å²) in [4.78, 5) is 0. The van der Waals surface area contributed by atoms with Gasteiger partial charge in [-0.05, 0) is 42.3 Å². The predicted molar refractivity (Wildman–Crippen MR) is 78.0 cm³/mol. The van der Waals surface area contributed by atoms with Gasteiger partial charge in [-0.25, -0.2) is 0 Å². The number of benzene rings is 2. The molecule has 2 rings (SSSR count). The zero-order valence-electron chi connectivity index (χ0n) is 11.5. The third kappa shape index (κ3) is 4.03. The Balaban J connectivity index is 1.77. The fourth-order valence-corrected chi connectivity index (χ4v) is 1.80. The van der Waals surface area contributed by atoms with Gasteiger partial charge in [0.2, 0.25) is 0 Å². The van der Waals surface area contributed by atoms with E-state index in [1.807, 2.05) is 18.2 Å². The third-order valence-electron chi connectivity index (χ3n) is 2.92. The molecule has 0 saturated heterocycles. The molecule has 0 aliphatic rings. The van der Waals surface area contributed by atoms with Crippen molar-refractivity contribution < 1.29 is 9.47 Å². The van der Waals surface area contributed by atoms with Crippen molar-refractivity contribution in [2.45, 2.75) is 13.3 Å². The molecule has 102 valence electrons. The molecule has 3 heteroatoms. The van der Waals surface area contributed by atoms with Gasteiger partial charge in [0, 0.05) is 0 Å². The lowest BCUT2D eigenvalue weighted by atomic mass is 10.2. The highest BCUT2D eigenvalue weighted by Crippen LogP contribution is 2.14. The van der Waals surface area contributed by atoms with Crippen LogP contribution in [-0.4, -0.2) is 13.2 Å². The Bertz CT molecular complexity index is 585. The summed E-state index contributed by atoms with van der Waals surface area (Å²) in [6.45, 7) is 3.05. The minimum Gasteiger partial charge on any atom is -0.490 e. The van der Waals surface area contributed by atoms with Gasteiger partial charge in [0.05, 0.1) is 11.6 Å². The molecule has 0 heterocycles. The zero-order chi connectivity index (χ0) is 14.2. The molecule has 0 fully saturated rings. The van der Waals surface area contributed by atoms with E-state index in [4.69, 9.17) is 14.7 Å². The van der Waals surface area contributed by atoms with E-state index in [1.165, 1.54) is 5.56 Å². The molecule has 0 radical (unpaired) electrons. The van der Waals surface area contributed by atoms with Crippen LogP contribution in [0.1, 0.15) is 18.1 Å². The standard InChI is InChI=1S/C17H17NO2/c1-2-14-6-8-16(9-7-14)19-10-11-20-17-5-3-4-15(12-17)13-18/h3-9,12H,2,10-11H2,1H3. The van der Waals surface area contributed by atoms with Crippen LogP contribution in [0, 0.1) is 11.3 Å². The van der Waals surface area contributed by atoms with Gasteiger partial charge in [0.25, 0.3) is 0 Å². The van der Waals surface area contributed by atoms with Crippen molar-refractivity contribution in [1.29, 1.82) is 5.26 Å². The maximum Gasteiger partial charge on any atom is 0.122 e. The van der Waals surface area contributed by atoms with Crippen molar-refractivity contribution >= 4 is 0 Å². The molecule has 0 spiro atoms. The monoisotopic (exact) mass is 267 g/mol. The minimum absolute atomic E-state index is 0.449. The van der Waals surface area contributed by atoms with Gasteiger partial charge >= 0.3 is 0 Å². The summed E-state index contributed by atoms with van der Waals surface area (Å²) < 4.78 is 11.1. The number of nitrogens with zero attached hydrogens (tertiary/aromatic N) is 1. The predicted octanol–water partition coefficient (Wildman–Crippen LogP) is 3.58. The molecule has 0 bridgehead atoms. The lowest BCUT2D eigenvalue weighted by molar-refractivity contribution is 0.217. The summed E-state index contributed by atoms with van der Waals surface area (Å²) in [7, 11) is 0. The molecule has 0 aromatic heterocycles. The molecule has 0 N–H and O–H groups in total. The molecular formula is C17H17NO2. The van der Waals surface area contributed by atoms with E-state index >= 15 is 0 Å². The first-order valence-electron chi connectivity index (χ1n) is 6.66. The van der Waals surface area contributed by atoms with Crippen LogP contribution in [0.25, 0.3) is 0 Å². The molecule has 0 unspecified atom stereocenters. The van der Waals surface area contributed by atoms with Gasteiger partial charge in [-0.1, -0.05) is 25.1 Å². The van der Waals surface area contributed by atoms with Crippen molar-refractivity contribution in [1.82, 2.24) is 0 Å². The molecule has 2 aromatic rings. The quantitative estimate of drug-likeness (QED) is 0.751. The second kappa shape index (κ2) is 7.20. The number of ether oxygens (including phenoxy) is 2. The third-order valence-corrected chi connectivity index (χ3v) is 2.92. The Labute approximate surface area is 119 Å². The summed E-state index contributed by atoms with van der Waals surface area (Å²) in [5.74, 6) is 1.53. The van der Waals surface area contributed by atoms with E-state index in [-0.39, 0.29) is 0 Å². The fraction of sp³-hybridized carbons (Fsp3) is 0.235. The van der Waals surface area contributed by atoms with Gasteiger partial charge in [0.1, 0.15) is 24.7 Å². The summed E-state index contributed by atoms with van der Waals surface area (Å²) in [5, 5.41) is 8.79. The molecule has 0 aliphatic heterocycles. The average Bonchev–Trinajstić information content (AvgIpc) is 2.52. The van der Waals surface area contributed by atoms with Crippen LogP contribution < -0.4 is 9.47 Å². The Morgan fingerprint density at radius 3 is 2.30 bits per heavy atom. The highest BCUT2D eigenvalue weighted by molar-refractivity contribution is 5.36. The number of aryl methyl sites for hydroxylation is 1. The van der Waals surface area contributed by atoms with Crippen LogP contribution in [0.3, 0.4) is 0 Å². The second-order valence-corrected chi connectivity index (χ2v) is 4.33. The van der Waals surface area contributed by atoms with Gasteiger partial charge in [0.15, 0.2) is 0 Å². The van der Waals surface area contributed by atoms with Gasteiger partial charge < -0.3 is 9.47 Å². The lowest BCUT2D eigenvalue weighted by Gasteiger charge is -2.09. The van der Waals surface area contributed by atoms with Crippen LogP contribution in [0.2, 0.25) is 0 Å². The van der Waals surface area contributed by atoms with Crippen LogP contribution in [-0.2, 0) is 6.42 Å². The summed E-state index contributed by atoms with van der Waals surface area (Å²) >= 11 is 0. The van der Waals surface area contributed by atoms with Crippen molar-refractivity contribution in [2.24, 2.45) is 0 Å². The molecule has 0 amide bonds. The second-order valence-electron chi connectivity index (χ2n) is 4.33. The van der Waals surface area contributed by atoms with Crippen molar-refractivity contribution in [3.63, 3.8) is 0 Å². The smallest absolute Gasteiger partial charge is 0.122 e. The Morgan fingerprint density at radius 1 is 0.950 bits per heavy atom. The Hall–Kier alpha value is -2.47. The van der Waals surface area contributed by atoms with E-state index in [0.29, 0.717) is 24.5 Å². The molecular weight excluding hydrogens is 250 g/mol. The zero-order valence-corrected chi connectivity index (χ0v) is 11.5. The first-order valence-corrected chi connectivity index (χ1v) is 6.66. The maximum atomic E-state index is 8.79. The molecule has 20 heavy (non-hydrogen) atoms. The molecule has 2 aromatic carbocycles. The molecule has 0 aliphatic carbocycles. The molecule has 3 nitrogen and oxygen atoms in total. The SMILES string of the molecule is CCc1ccc(OCCOc2cccc(C#N)c2)cc1. The van der Waals surface area contributed by atoms with Crippen LogP contribution in [0.4, 0.5) is 0 Å². The van der Waals surface area contributed by atoms with Crippen LogP contribution in [0.5, 0.6) is 11.5 Å². The highest BCUT2D eigenvalue weighted by atomic mass is 16.5. The summed E-state index contributed by atoms with van der Waals surface area (Å²) in [6, 6.07) is 17.2. The number of hydrogen-bond donors (Lipinski definition) is 0. The lowest BCUT2D eigenvalue weighted by Crippen LogP contribution is -2.09. The van der Waals surface area contributed by atoms with E-state index in [0.717, 1.165) is 12.2 Å². The van der Waals surface area contributed by atoms with Crippen LogP contribution in [0.15, 0.2) is 48.5 Å². The maximum absolute atomic E-state index is 8.79. The highest BCUT2D eigenvalue weighted by Gasteiger charge is 1.97. The summed E-state index contributed by atoms with van der Waals surface area (Å²) in [6.07, 6.45) is 1.03. The van der Waals surface area contributed by atoms with Gasteiger partial charge in [-0.15, -0.1) is 0 Å². The topological polar surface area (TPSA) is 42.2 Å². The van der Waals surface area contributed by atoms with E-state index in [1.54, 1.807) is 18.2 Å². The van der Waals surface area contributed by atoms with Gasteiger partial charge in [-0.3, -0.25) is 0 Å². The van der Waals surface area contributed by atoms with Crippen LogP contribution >= 0.6 is 0 Å². The number of nitriles is 1. The Morgan fingerprint density at radius 2 is 1.65 bits per heavy atom. The largest absolute Gasteiger partial charge is 0.490 e. The first kappa shape index (κ1) is 14.0.